The molecule has 0 radical (unpaired) electrons. The third-order valence-electron chi connectivity index (χ3n) is 2.59. The van der Waals surface area contributed by atoms with Gasteiger partial charge in [0.15, 0.2) is 0 Å². The number of unbranched alkanes of at least 4 members (excludes halogenated alkanes) is 1. The molecule has 0 aliphatic heterocycles. The van der Waals surface area contributed by atoms with E-state index in [1.807, 2.05) is 24.4 Å². The number of aromatic nitrogens is 3. The van der Waals surface area contributed by atoms with Gasteiger partial charge in [-0.2, -0.15) is 0 Å². The van der Waals surface area contributed by atoms with E-state index >= 15 is 0 Å². The molecule has 0 saturated heterocycles. The summed E-state index contributed by atoms with van der Waals surface area (Å²) >= 11 is 0. The van der Waals surface area contributed by atoms with Crippen molar-refractivity contribution in [1.82, 2.24) is 15.0 Å². The van der Waals surface area contributed by atoms with Gasteiger partial charge in [0.05, 0.1) is 6.61 Å². The zero-order valence-corrected chi connectivity index (χ0v) is 11.0. The van der Waals surface area contributed by atoms with Gasteiger partial charge >= 0.3 is 0 Å². The molecule has 2 aromatic rings. The molecule has 5 nitrogen and oxygen atoms in total. The maximum atomic E-state index is 5.54. The van der Waals surface area contributed by atoms with Crippen molar-refractivity contribution in [3.05, 3.63) is 42.5 Å². The second kappa shape index (κ2) is 7.31. The third-order valence-corrected chi connectivity index (χ3v) is 2.59. The summed E-state index contributed by atoms with van der Waals surface area (Å²) in [6.07, 6.45) is 7.23. The average Bonchev–Trinajstić information content (AvgIpc) is 2.47. The highest BCUT2D eigenvalue weighted by Crippen LogP contribution is 2.12. The van der Waals surface area contributed by atoms with Gasteiger partial charge in [0.1, 0.15) is 12.1 Å². The van der Waals surface area contributed by atoms with Gasteiger partial charge in [0.25, 0.3) is 0 Å². The van der Waals surface area contributed by atoms with Crippen LogP contribution in [0.3, 0.4) is 0 Å². The van der Waals surface area contributed by atoms with E-state index in [0.29, 0.717) is 19.0 Å². The summed E-state index contributed by atoms with van der Waals surface area (Å²) in [5.41, 5.74) is 1.11. The van der Waals surface area contributed by atoms with Gasteiger partial charge in [0, 0.05) is 25.0 Å². The summed E-state index contributed by atoms with van der Waals surface area (Å²) in [4.78, 5) is 12.3. The molecule has 0 aliphatic rings. The zero-order valence-electron chi connectivity index (χ0n) is 11.0. The summed E-state index contributed by atoms with van der Waals surface area (Å²) in [5, 5.41) is 3.22. The molecule has 0 aromatic carbocycles. The van der Waals surface area contributed by atoms with E-state index in [2.05, 4.69) is 27.2 Å². The van der Waals surface area contributed by atoms with Gasteiger partial charge in [-0.1, -0.05) is 19.4 Å². The lowest BCUT2D eigenvalue weighted by atomic mass is 10.3. The van der Waals surface area contributed by atoms with Gasteiger partial charge < -0.3 is 10.1 Å². The van der Waals surface area contributed by atoms with Crippen molar-refractivity contribution in [3.8, 4) is 5.88 Å². The molecule has 0 saturated carbocycles. The Morgan fingerprint density at radius 3 is 3.05 bits per heavy atom. The van der Waals surface area contributed by atoms with Crippen LogP contribution in [-0.2, 0) is 6.54 Å². The fourth-order valence-electron chi connectivity index (χ4n) is 1.53. The Morgan fingerprint density at radius 1 is 1.32 bits per heavy atom. The summed E-state index contributed by atoms with van der Waals surface area (Å²) in [7, 11) is 0. The molecule has 2 heterocycles. The van der Waals surface area contributed by atoms with Crippen LogP contribution in [0.15, 0.2) is 36.9 Å². The molecule has 2 aromatic heterocycles. The molecule has 0 bridgehead atoms. The Hall–Kier alpha value is -2.17. The van der Waals surface area contributed by atoms with E-state index in [1.165, 1.54) is 6.33 Å². The van der Waals surface area contributed by atoms with Gasteiger partial charge in [-0.25, -0.2) is 9.97 Å². The molecule has 0 atom stereocenters. The second-order valence-electron chi connectivity index (χ2n) is 4.16. The Morgan fingerprint density at radius 2 is 2.26 bits per heavy atom. The molecule has 0 aliphatic carbocycles. The topological polar surface area (TPSA) is 59.9 Å². The standard InChI is InChI=1S/C14H18N4O/c1-2-3-7-19-14-8-13(17-11-18-14)16-10-12-5-4-6-15-9-12/h4-6,8-9,11H,2-3,7,10H2,1H3,(H,16,17,18). The number of rotatable bonds is 7. The maximum Gasteiger partial charge on any atom is 0.218 e. The van der Waals surface area contributed by atoms with Gasteiger partial charge in [0.2, 0.25) is 5.88 Å². The van der Waals surface area contributed by atoms with E-state index < -0.39 is 0 Å². The molecule has 0 spiro atoms. The number of nitrogens with one attached hydrogen (secondary N) is 1. The summed E-state index contributed by atoms with van der Waals surface area (Å²) in [6, 6.07) is 5.74. The number of nitrogens with zero attached hydrogens (tertiary/aromatic N) is 3. The van der Waals surface area contributed by atoms with Crippen molar-refractivity contribution in [1.29, 1.82) is 0 Å². The molecular weight excluding hydrogens is 240 g/mol. The molecule has 1 N–H and O–H groups in total. The average molecular weight is 258 g/mol. The highest BCUT2D eigenvalue weighted by Gasteiger charge is 2.00. The molecule has 19 heavy (non-hydrogen) atoms. The SMILES string of the molecule is CCCCOc1cc(NCc2cccnc2)ncn1. The Balaban J connectivity index is 1.88. The third kappa shape index (κ3) is 4.54. The monoisotopic (exact) mass is 258 g/mol. The summed E-state index contributed by atoms with van der Waals surface area (Å²) in [5.74, 6) is 1.36. The summed E-state index contributed by atoms with van der Waals surface area (Å²) < 4.78 is 5.54. The van der Waals surface area contributed by atoms with E-state index in [9.17, 15) is 0 Å². The van der Waals surface area contributed by atoms with E-state index in [1.54, 1.807) is 6.20 Å². The fraction of sp³-hybridized carbons (Fsp3) is 0.357. The second-order valence-corrected chi connectivity index (χ2v) is 4.16. The lowest BCUT2D eigenvalue weighted by molar-refractivity contribution is 0.297. The number of hydrogen-bond donors (Lipinski definition) is 1. The normalized spacial score (nSPS) is 10.2. The molecule has 5 heteroatoms. The van der Waals surface area contributed by atoms with E-state index in [4.69, 9.17) is 4.74 Å². The van der Waals surface area contributed by atoms with Crippen LogP contribution in [0.5, 0.6) is 5.88 Å². The van der Waals surface area contributed by atoms with Crippen LogP contribution in [0, 0.1) is 0 Å². The van der Waals surface area contributed by atoms with E-state index in [-0.39, 0.29) is 0 Å². The van der Waals surface area contributed by atoms with Gasteiger partial charge in [-0.05, 0) is 18.1 Å². The lowest BCUT2D eigenvalue weighted by Crippen LogP contribution is -2.04. The first-order chi connectivity index (χ1) is 9.38. The van der Waals surface area contributed by atoms with Crippen LogP contribution in [0.1, 0.15) is 25.3 Å². The van der Waals surface area contributed by atoms with Gasteiger partial charge in [-0.3, -0.25) is 4.98 Å². The van der Waals surface area contributed by atoms with Crippen molar-refractivity contribution in [3.63, 3.8) is 0 Å². The molecule has 0 unspecified atom stereocenters. The number of hydrogen-bond acceptors (Lipinski definition) is 5. The molecule has 100 valence electrons. The fourth-order valence-corrected chi connectivity index (χ4v) is 1.53. The van der Waals surface area contributed by atoms with Crippen molar-refractivity contribution < 1.29 is 4.74 Å². The van der Waals surface area contributed by atoms with E-state index in [0.717, 1.165) is 24.2 Å². The minimum absolute atomic E-state index is 0.608. The molecule has 0 amide bonds. The molecule has 2 rings (SSSR count). The smallest absolute Gasteiger partial charge is 0.218 e. The van der Waals surface area contributed by atoms with Crippen molar-refractivity contribution in [2.45, 2.75) is 26.3 Å². The maximum absolute atomic E-state index is 5.54. The minimum atomic E-state index is 0.608. The highest BCUT2D eigenvalue weighted by atomic mass is 16.5. The Labute approximate surface area is 113 Å². The number of ether oxygens (including phenoxy) is 1. The largest absolute Gasteiger partial charge is 0.478 e. The van der Waals surface area contributed by atoms with Crippen LogP contribution >= 0.6 is 0 Å². The van der Waals surface area contributed by atoms with Gasteiger partial charge in [-0.15, -0.1) is 0 Å². The molecular formula is C14H18N4O. The van der Waals surface area contributed by atoms with Crippen molar-refractivity contribution in [2.24, 2.45) is 0 Å². The lowest BCUT2D eigenvalue weighted by Gasteiger charge is -2.07. The Kier molecular flexibility index (Phi) is 5.10. The first-order valence-electron chi connectivity index (χ1n) is 6.46. The quantitative estimate of drug-likeness (QED) is 0.774. The minimum Gasteiger partial charge on any atom is -0.478 e. The first kappa shape index (κ1) is 13.3. The van der Waals surface area contributed by atoms with Crippen LogP contribution in [0.4, 0.5) is 5.82 Å². The number of anilines is 1. The molecule has 0 fully saturated rings. The van der Waals surface area contributed by atoms with Crippen LogP contribution in [0.2, 0.25) is 0 Å². The van der Waals surface area contributed by atoms with Crippen LogP contribution in [-0.4, -0.2) is 21.6 Å². The van der Waals surface area contributed by atoms with Crippen molar-refractivity contribution in [2.75, 3.05) is 11.9 Å². The Bertz CT molecular complexity index is 490. The first-order valence-corrected chi connectivity index (χ1v) is 6.46. The van der Waals surface area contributed by atoms with Crippen molar-refractivity contribution >= 4 is 5.82 Å². The highest BCUT2D eigenvalue weighted by molar-refractivity contribution is 5.37. The number of pyridine rings is 1. The van der Waals surface area contributed by atoms with Crippen LogP contribution in [0.25, 0.3) is 0 Å². The zero-order chi connectivity index (χ0) is 13.3. The van der Waals surface area contributed by atoms with Crippen LogP contribution < -0.4 is 10.1 Å². The summed E-state index contributed by atoms with van der Waals surface area (Å²) in [6.45, 7) is 3.50. The predicted octanol–water partition coefficient (Wildman–Crippen LogP) is 2.66. The predicted molar refractivity (Wildman–Crippen MR) is 74.0 cm³/mol.